The normalized spacial score (nSPS) is 16.9. The van der Waals surface area contributed by atoms with E-state index in [1.807, 2.05) is 48.5 Å². The van der Waals surface area contributed by atoms with E-state index in [9.17, 15) is 4.79 Å². The first-order chi connectivity index (χ1) is 6.83. The molecule has 0 unspecified atom stereocenters. The van der Waals surface area contributed by atoms with Gasteiger partial charge in [0.15, 0.2) is 0 Å². The smallest absolute Gasteiger partial charge is 0.143 e. The molecule has 0 saturated carbocycles. The summed E-state index contributed by atoms with van der Waals surface area (Å²) in [6.07, 6.45) is 6.30. The van der Waals surface area contributed by atoms with Gasteiger partial charge in [-0.15, -0.1) is 0 Å². The number of carbonyl (C=O) groups is 1. The van der Waals surface area contributed by atoms with Gasteiger partial charge >= 0.3 is 0 Å². The minimum absolute atomic E-state index is 0.821. The molecule has 1 aliphatic heterocycles. The van der Waals surface area contributed by atoms with Crippen molar-refractivity contribution >= 4 is 17.5 Å². The summed E-state index contributed by atoms with van der Waals surface area (Å²) in [4.78, 5) is 12.5. The van der Waals surface area contributed by atoms with E-state index in [0.29, 0.717) is 0 Å². The zero-order chi connectivity index (χ0) is 9.97. The lowest BCUT2D eigenvalue weighted by atomic mass is 10.0. The second-order valence-corrected chi connectivity index (χ2v) is 3.20. The van der Waals surface area contributed by atoms with Crippen molar-refractivity contribution < 1.29 is 4.79 Å². The summed E-state index contributed by atoms with van der Waals surface area (Å²) in [5, 5.41) is 0. The highest BCUT2D eigenvalue weighted by Gasteiger charge is 2.11. The molecule has 2 rings (SSSR count). The van der Waals surface area contributed by atoms with Crippen LogP contribution in [0.25, 0.3) is 5.57 Å². The van der Waals surface area contributed by atoms with Gasteiger partial charge in [-0.25, -0.2) is 0 Å². The average molecular weight is 185 g/mol. The van der Waals surface area contributed by atoms with E-state index in [1.54, 1.807) is 6.08 Å². The van der Waals surface area contributed by atoms with Gasteiger partial charge in [-0.05, 0) is 23.8 Å². The van der Waals surface area contributed by atoms with E-state index in [2.05, 4.69) is 0 Å². The lowest BCUT2D eigenvalue weighted by Gasteiger charge is -2.23. The van der Waals surface area contributed by atoms with Gasteiger partial charge in [0, 0.05) is 24.5 Å². The topological polar surface area (TPSA) is 20.3 Å². The van der Waals surface area contributed by atoms with Crippen LogP contribution in [0, 0.1) is 0 Å². The van der Waals surface area contributed by atoms with Crippen LogP contribution in [0.1, 0.15) is 5.56 Å². The van der Waals surface area contributed by atoms with Crippen molar-refractivity contribution in [3.05, 3.63) is 48.2 Å². The third-order valence-corrected chi connectivity index (χ3v) is 2.32. The monoisotopic (exact) mass is 185 g/mol. The first kappa shape index (κ1) is 8.75. The number of carbonyl (C=O) groups excluding carboxylic acids is 1. The van der Waals surface area contributed by atoms with Crippen LogP contribution in [0.15, 0.2) is 42.6 Å². The van der Waals surface area contributed by atoms with Crippen LogP contribution in [-0.4, -0.2) is 13.3 Å². The molecule has 0 amide bonds. The highest BCUT2D eigenvalue weighted by atomic mass is 16.1. The molecule has 0 aliphatic carbocycles. The molecule has 0 atom stereocenters. The van der Waals surface area contributed by atoms with Crippen molar-refractivity contribution in [3.63, 3.8) is 0 Å². The van der Waals surface area contributed by atoms with Crippen molar-refractivity contribution in [1.29, 1.82) is 0 Å². The summed E-state index contributed by atoms with van der Waals surface area (Å²) in [5.74, 6) is 0. The molecule has 0 aromatic heterocycles. The number of aldehydes is 1. The molecule has 0 radical (unpaired) electrons. The fourth-order valence-electron chi connectivity index (χ4n) is 1.61. The summed E-state index contributed by atoms with van der Waals surface area (Å²) in [5.41, 5.74) is 3.20. The highest BCUT2D eigenvalue weighted by molar-refractivity contribution is 5.92. The van der Waals surface area contributed by atoms with E-state index < -0.39 is 0 Å². The number of rotatable bonds is 1. The summed E-state index contributed by atoms with van der Waals surface area (Å²) in [7, 11) is 1.99. The van der Waals surface area contributed by atoms with Gasteiger partial charge in [0.25, 0.3) is 0 Å². The van der Waals surface area contributed by atoms with Crippen LogP contribution in [0.5, 0.6) is 0 Å². The van der Waals surface area contributed by atoms with E-state index in [0.717, 1.165) is 23.1 Å². The third-order valence-electron chi connectivity index (χ3n) is 2.32. The molecular weight excluding hydrogens is 174 g/mol. The summed E-state index contributed by atoms with van der Waals surface area (Å²) in [6.45, 7) is 0. The maximum absolute atomic E-state index is 10.4. The number of hydrogen-bond acceptors (Lipinski definition) is 2. The number of benzene rings is 1. The molecule has 2 nitrogen and oxygen atoms in total. The number of fused-ring (bicyclic) bond motifs is 1. The molecule has 1 aliphatic rings. The molecule has 70 valence electrons. The fourth-order valence-corrected chi connectivity index (χ4v) is 1.61. The molecular formula is C12H11NO. The van der Waals surface area contributed by atoms with Crippen LogP contribution in [0.2, 0.25) is 0 Å². The zero-order valence-corrected chi connectivity index (χ0v) is 7.97. The van der Waals surface area contributed by atoms with Gasteiger partial charge in [-0.2, -0.15) is 0 Å². The Labute approximate surface area is 83.2 Å². The van der Waals surface area contributed by atoms with E-state index in [4.69, 9.17) is 0 Å². The Balaban J connectivity index is 2.58. The second kappa shape index (κ2) is 3.50. The Bertz CT molecular complexity index is 418. The minimum atomic E-state index is 0.821. The zero-order valence-electron chi connectivity index (χ0n) is 7.97. The lowest BCUT2D eigenvalue weighted by molar-refractivity contribution is -0.104. The Morgan fingerprint density at radius 1 is 1.29 bits per heavy atom. The quantitative estimate of drug-likeness (QED) is 0.494. The predicted molar refractivity (Wildman–Crippen MR) is 58.0 cm³/mol. The average Bonchev–Trinajstić information content (AvgIpc) is 2.23. The van der Waals surface area contributed by atoms with E-state index >= 15 is 0 Å². The highest BCUT2D eigenvalue weighted by Crippen LogP contribution is 2.30. The van der Waals surface area contributed by atoms with E-state index in [1.165, 1.54) is 0 Å². The Morgan fingerprint density at radius 3 is 2.86 bits per heavy atom. The number of hydrogen-bond donors (Lipinski definition) is 0. The van der Waals surface area contributed by atoms with Crippen LogP contribution >= 0.6 is 0 Å². The Morgan fingerprint density at radius 2 is 2.07 bits per heavy atom. The molecule has 1 aromatic carbocycles. The molecule has 1 aromatic rings. The second-order valence-electron chi connectivity index (χ2n) is 3.20. The first-order valence-corrected chi connectivity index (χ1v) is 4.49. The summed E-state index contributed by atoms with van der Waals surface area (Å²) in [6, 6.07) is 8.03. The predicted octanol–water partition coefficient (Wildman–Crippen LogP) is 2.23. The molecule has 0 N–H and O–H groups in total. The molecule has 0 bridgehead atoms. The maximum Gasteiger partial charge on any atom is 0.143 e. The van der Waals surface area contributed by atoms with E-state index in [-0.39, 0.29) is 0 Å². The van der Waals surface area contributed by atoms with Crippen LogP contribution in [-0.2, 0) is 4.79 Å². The van der Waals surface area contributed by atoms with Crippen molar-refractivity contribution in [3.8, 4) is 0 Å². The van der Waals surface area contributed by atoms with Crippen molar-refractivity contribution in [2.24, 2.45) is 0 Å². The molecule has 0 fully saturated rings. The Hall–Kier alpha value is -1.83. The third kappa shape index (κ3) is 1.35. The summed E-state index contributed by atoms with van der Waals surface area (Å²) >= 11 is 0. The van der Waals surface area contributed by atoms with Crippen LogP contribution in [0.4, 0.5) is 5.69 Å². The van der Waals surface area contributed by atoms with Gasteiger partial charge in [0.05, 0.1) is 0 Å². The summed E-state index contributed by atoms with van der Waals surface area (Å²) < 4.78 is 0. The van der Waals surface area contributed by atoms with Crippen LogP contribution < -0.4 is 4.90 Å². The van der Waals surface area contributed by atoms with Gasteiger partial charge in [0.1, 0.15) is 6.29 Å². The minimum Gasteiger partial charge on any atom is -0.351 e. The number of anilines is 1. The first-order valence-electron chi connectivity index (χ1n) is 4.49. The number of allylic oxidation sites excluding steroid dienone is 3. The number of nitrogens with zero attached hydrogens (tertiary/aromatic N) is 1. The SMILES string of the molecule is CN1C=C/C(=C/C=O)c2ccccc21. The molecule has 0 spiro atoms. The van der Waals surface area contributed by atoms with Gasteiger partial charge < -0.3 is 4.90 Å². The molecule has 14 heavy (non-hydrogen) atoms. The van der Waals surface area contributed by atoms with Crippen molar-refractivity contribution in [2.75, 3.05) is 11.9 Å². The fraction of sp³-hybridized carbons (Fsp3) is 0.0833. The molecule has 2 heteroatoms. The standard InChI is InChI=1S/C12H11NO/c1-13-8-6-10(7-9-14)11-4-2-3-5-12(11)13/h2-9H,1H3/b10-7-. The number of para-hydroxylation sites is 1. The van der Waals surface area contributed by atoms with Gasteiger partial charge in [-0.3, -0.25) is 4.79 Å². The molecule has 1 heterocycles. The van der Waals surface area contributed by atoms with Crippen LogP contribution in [0.3, 0.4) is 0 Å². The van der Waals surface area contributed by atoms with Gasteiger partial charge in [-0.1, -0.05) is 18.2 Å². The molecule has 0 saturated heterocycles. The maximum atomic E-state index is 10.4. The Kier molecular flexibility index (Phi) is 2.19. The largest absolute Gasteiger partial charge is 0.351 e. The van der Waals surface area contributed by atoms with Gasteiger partial charge in [0.2, 0.25) is 0 Å². The van der Waals surface area contributed by atoms with Crippen molar-refractivity contribution in [2.45, 2.75) is 0 Å². The lowest BCUT2D eigenvalue weighted by Crippen LogP contribution is -2.13. The van der Waals surface area contributed by atoms with Crippen molar-refractivity contribution in [1.82, 2.24) is 0 Å².